The molecule has 0 saturated carbocycles. The van der Waals surface area contributed by atoms with E-state index in [0.717, 1.165) is 30.5 Å². The van der Waals surface area contributed by atoms with Gasteiger partial charge in [0.15, 0.2) is 0 Å². The lowest BCUT2D eigenvalue weighted by Gasteiger charge is -2.25. The van der Waals surface area contributed by atoms with Crippen LogP contribution in [-0.4, -0.2) is 23.5 Å². The minimum Gasteiger partial charge on any atom is -0.481 e. The van der Waals surface area contributed by atoms with Crippen LogP contribution in [-0.2, 0) is 17.6 Å². The molecule has 1 N–H and O–H groups in total. The first kappa shape index (κ1) is 18.5. The summed E-state index contributed by atoms with van der Waals surface area (Å²) in [5, 5.41) is 9.49. The molecule has 26 heavy (non-hydrogen) atoms. The van der Waals surface area contributed by atoms with E-state index in [4.69, 9.17) is 16.7 Å². The summed E-state index contributed by atoms with van der Waals surface area (Å²) in [6.45, 7) is 0.444. The van der Waals surface area contributed by atoms with E-state index in [-0.39, 0.29) is 12.3 Å². The van der Waals surface area contributed by atoms with Gasteiger partial charge in [-0.2, -0.15) is 0 Å². The third kappa shape index (κ3) is 4.07. The number of unbranched alkanes of at least 4 members (excludes halogenated alkanes) is 1. The number of aryl methyl sites for hydroxylation is 1. The topological polar surface area (TPSA) is 57.6 Å². The van der Waals surface area contributed by atoms with Gasteiger partial charge in [-0.1, -0.05) is 35.9 Å². The molecule has 136 valence electrons. The Kier molecular flexibility index (Phi) is 5.94. The van der Waals surface area contributed by atoms with Gasteiger partial charge < -0.3 is 10.0 Å². The summed E-state index contributed by atoms with van der Waals surface area (Å²) in [6.07, 6.45) is 4.29. The molecule has 1 amide bonds. The quantitative estimate of drug-likeness (QED) is 0.716. The van der Waals surface area contributed by atoms with Crippen molar-refractivity contribution in [3.05, 3.63) is 64.2 Å². The van der Waals surface area contributed by atoms with E-state index in [0.29, 0.717) is 30.0 Å². The number of fused-ring (bicyclic) bond motifs is 1. The molecular weight excluding hydrogens is 350 g/mol. The van der Waals surface area contributed by atoms with Gasteiger partial charge in [-0.25, -0.2) is 0 Å². The number of carbonyl (C=O) groups excluding carboxylic acids is 1. The first-order valence-electron chi connectivity index (χ1n) is 8.97. The summed E-state index contributed by atoms with van der Waals surface area (Å²) in [6, 6.07) is 13.1. The third-order valence-electron chi connectivity index (χ3n) is 4.77. The zero-order chi connectivity index (χ0) is 18.5. The van der Waals surface area contributed by atoms with Crippen LogP contribution in [0.4, 0.5) is 5.69 Å². The Bertz CT molecular complexity index is 804. The van der Waals surface area contributed by atoms with Crippen molar-refractivity contribution in [3.63, 3.8) is 0 Å². The van der Waals surface area contributed by atoms with E-state index in [9.17, 15) is 9.59 Å². The third-order valence-corrected chi connectivity index (χ3v) is 5.19. The van der Waals surface area contributed by atoms with E-state index in [1.54, 1.807) is 17.0 Å². The van der Waals surface area contributed by atoms with E-state index in [2.05, 4.69) is 6.07 Å². The number of carboxylic acid groups (broad SMARTS) is 1. The molecule has 0 aromatic heterocycles. The molecule has 0 atom stereocenters. The maximum Gasteiger partial charge on any atom is 0.303 e. The summed E-state index contributed by atoms with van der Waals surface area (Å²) < 4.78 is 0. The summed E-state index contributed by atoms with van der Waals surface area (Å²) in [5.41, 5.74) is 3.72. The van der Waals surface area contributed by atoms with E-state index < -0.39 is 5.97 Å². The number of hydrogen-bond donors (Lipinski definition) is 1. The Labute approximate surface area is 158 Å². The Balaban J connectivity index is 1.88. The molecule has 2 aromatic carbocycles. The number of benzene rings is 2. The predicted molar refractivity (Wildman–Crippen MR) is 103 cm³/mol. The van der Waals surface area contributed by atoms with Crippen LogP contribution >= 0.6 is 11.6 Å². The van der Waals surface area contributed by atoms with Crippen molar-refractivity contribution in [1.29, 1.82) is 0 Å². The van der Waals surface area contributed by atoms with Gasteiger partial charge in [-0.05, 0) is 61.4 Å². The summed E-state index contributed by atoms with van der Waals surface area (Å²) in [7, 11) is 0. The molecule has 0 unspecified atom stereocenters. The minimum atomic E-state index is -0.818. The van der Waals surface area contributed by atoms with Crippen molar-refractivity contribution in [2.24, 2.45) is 0 Å². The fraction of sp³-hybridized carbons (Fsp3) is 0.333. The molecule has 0 fully saturated rings. The first-order chi connectivity index (χ1) is 12.6. The Hall–Kier alpha value is -2.33. The number of nitrogens with zero attached hydrogens (tertiary/aromatic N) is 1. The van der Waals surface area contributed by atoms with E-state index >= 15 is 0 Å². The van der Waals surface area contributed by atoms with Crippen LogP contribution in [0.2, 0.25) is 5.02 Å². The van der Waals surface area contributed by atoms with Crippen molar-refractivity contribution >= 4 is 29.2 Å². The van der Waals surface area contributed by atoms with Crippen LogP contribution < -0.4 is 4.90 Å². The van der Waals surface area contributed by atoms with Gasteiger partial charge in [0, 0.05) is 18.5 Å². The van der Waals surface area contributed by atoms with Gasteiger partial charge in [-0.3, -0.25) is 9.59 Å². The van der Waals surface area contributed by atoms with Gasteiger partial charge in [0.25, 0.3) is 5.91 Å². The largest absolute Gasteiger partial charge is 0.481 e. The Morgan fingerprint density at radius 2 is 1.81 bits per heavy atom. The molecule has 0 radical (unpaired) electrons. The van der Waals surface area contributed by atoms with Crippen LogP contribution in [0, 0.1) is 0 Å². The second-order valence-corrected chi connectivity index (χ2v) is 6.94. The van der Waals surface area contributed by atoms with Crippen LogP contribution in [0.3, 0.4) is 0 Å². The normalized spacial score (nSPS) is 12.7. The zero-order valence-corrected chi connectivity index (χ0v) is 15.3. The van der Waals surface area contributed by atoms with Crippen LogP contribution in [0.15, 0.2) is 42.5 Å². The fourth-order valence-electron chi connectivity index (χ4n) is 3.43. The highest BCUT2D eigenvalue weighted by molar-refractivity contribution is 6.35. The average molecular weight is 372 g/mol. The fourth-order valence-corrected chi connectivity index (χ4v) is 3.81. The van der Waals surface area contributed by atoms with Crippen molar-refractivity contribution in [2.45, 2.75) is 38.5 Å². The highest BCUT2D eigenvalue weighted by Crippen LogP contribution is 2.37. The molecule has 4 nitrogen and oxygen atoms in total. The number of anilines is 1. The molecule has 5 heteroatoms. The number of aliphatic carboxylic acids is 1. The van der Waals surface area contributed by atoms with Crippen LogP contribution in [0.5, 0.6) is 0 Å². The van der Waals surface area contributed by atoms with Crippen LogP contribution in [0.1, 0.15) is 47.2 Å². The van der Waals surface area contributed by atoms with Crippen molar-refractivity contribution < 1.29 is 14.7 Å². The highest BCUT2D eigenvalue weighted by atomic mass is 35.5. The summed E-state index contributed by atoms with van der Waals surface area (Å²) in [4.78, 5) is 25.5. The van der Waals surface area contributed by atoms with Gasteiger partial charge in [0.2, 0.25) is 0 Å². The number of rotatable bonds is 7. The predicted octanol–water partition coefficient (Wildman–Crippen LogP) is 4.73. The lowest BCUT2D eigenvalue weighted by Crippen LogP contribution is -2.32. The standard InChI is InChI=1S/C21H22ClNO3/c22-20-17-10-6-9-15(17)12-13-18(20)23(14-5-4-11-19(24)25)21(26)16-7-2-1-3-8-16/h1-3,7-8,12-13H,4-6,9-11,14H2,(H,24,25). The highest BCUT2D eigenvalue weighted by Gasteiger charge is 2.24. The van der Waals surface area contributed by atoms with Gasteiger partial charge in [-0.15, -0.1) is 0 Å². The lowest BCUT2D eigenvalue weighted by molar-refractivity contribution is -0.137. The zero-order valence-electron chi connectivity index (χ0n) is 14.6. The SMILES string of the molecule is O=C(O)CCCCN(C(=O)c1ccccc1)c1ccc2c(c1Cl)CCC2. The maximum absolute atomic E-state index is 13.1. The van der Waals surface area contributed by atoms with E-state index in [1.165, 1.54) is 5.56 Å². The molecular formula is C21H22ClNO3. The molecule has 0 bridgehead atoms. The molecule has 2 aromatic rings. The molecule has 1 aliphatic rings. The summed E-state index contributed by atoms with van der Waals surface area (Å²) >= 11 is 6.66. The van der Waals surface area contributed by atoms with Gasteiger partial charge >= 0.3 is 5.97 Å². The van der Waals surface area contributed by atoms with Gasteiger partial charge in [0.1, 0.15) is 0 Å². The van der Waals surface area contributed by atoms with Crippen molar-refractivity contribution in [1.82, 2.24) is 0 Å². The number of carbonyl (C=O) groups is 2. The second-order valence-electron chi connectivity index (χ2n) is 6.56. The smallest absolute Gasteiger partial charge is 0.303 e. The Morgan fingerprint density at radius 3 is 2.54 bits per heavy atom. The minimum absolute atomic E-state index is 0.102. The lowest BCUT2D eigenvalue weighted by atomic mass is 10.1. The molecule has 0 heterocycles. The van der Waals surface area contributed by atoms with Crippen molar-refractivity contribution in [3.8, 4) is 0 Å². The molecule has 3 rings (SSSR count). The second kappa shape index (κ2) is 8.37. The maximum atomic E-state index is 13.1. The van der Waals surface area contributed by atoms with Crippen LogP contribution in [0.25, 0.3) is 0 Å². The first-order valence-corrected chi connectivity index (χ1v) is 9.34. The average Bonchev–Trinajstić information content (AvgIpc) is 3.12. The molecule has 1 aliphatic carbocycles. The Morgan fingerprint density at radius 1 is 1.04 bits per heavy atom. The van der Waals surface area contributed by atoms with Gasteiger partial charge in [0.05, 0.1) is 10.7 Å². The molecule has 0 aliphatic heterocycles. The molecule has 0 spiro atoms. The number of hydrogen-bond acceptors (Lipinski definition) is 2. The molecule has 0 saturated heterocycles. The number of carboxylic acids is 1. The monoisotopic (exact) mass is 371 g/mol. The van der Waals surface area contributed by atoms with Crippen molar-refractivity contribution in [2.75, 3.05) is 11.4 Å². The number of amides is 1. The number of halogens is 1. The summed E-state index contributed by atoms with van der Waals surface area (Å²) in [5.74, 6) is -0.928. The van der Waals surface area contributed by atoms with E-state index in [1.807, 2.05) is 24.3 Å².